The van der Waals surface area contributed by atoms with Gasteiger partial charge in [0.05, 0.1) is 0 Å². The third kappa shape index (κ3) is 4.56. The zero-order valence-corrected chi connectivity index (χ0v) is 18.1. The fourth-order valence-corrected chi connectivity index (χ4v) is 4.59. The predicted octanol–water partition coefficient (Wildman–Crippen LogP) is 8.71. The molecule has 30 heavy (non-hydrogen) atoms. The average Bonchev–Trinajstić information content (AvgIpc) is 3.24. The first-order valence-electron chi connectivity index (χ1n) is 11.4. The van der Waals surface area contributed by atoms with Crippen LogP contribution in [0.15, 0.2) is 72.8 Å². The lowest BCUT2D eigenvalue weighted by Crippen LogP contribution is -1.94. The number of rotatable bonds is 7. The highest BCUT2D eigenvalue weighted by Gasteiger charge is 2.18. The normalized spacial score (nSPS) is 16.0. The molecule has 4 rings (SSSR count). The Labute approximate surface area is 180 Å². The molecule has 1 atom stereocenters. The van der Waals surface area contributed by atoms with E-state index >= 15 is 0 Å². The minimum Gasteiger partial charge on any atom is -0.206 e. The molecular formula is C29H31F. The lowest BCUT2D eigenvalue weighted by atomic mass is 9.95. The van der Waals surface area contributed by atoms with Gasteiger partial charge in [-0.15, -0.1) is 0 Å². The van der Waals surface area contributed by atoms with Crippen LogP contribution in [-0.4, -0.2) is 0 Å². The monoisotopic (exact) mass is 398 g/mol. The van der Waals surface area contributed by atoms with Crippen LogP contribution in [0.1, 0.15) is 57.1 Å². The van der Waals surface area contributed by atoms with Gasteiger partial charge in [-0.2, -0.15) is 0 Å². The highest BCUT2D eigenvalue weighted by Crippen LogP contribution is 2.36. The molecule has 0 spiro atoms. The predicted molar refractivity (Wildman–Crippen MR) is 127 cm³/mol. The zero-order valence-electron chi connectivity index (χ0n) is 18.1. The Balaban J connectivity index is 1.50. The maximum Gasteiger partial charge on any atom is 0.131 e. The standard InChI is InChI=1S/C29H31F/c1-3-5-21-7-10-23(11-8-21)24-13-15-25(16-14-24)28-18-17-27(20-29(28)30)26-12-9-22(19-26)6-4-2/h7-8,10-18,20,22H,3-6,9,19H2,1-2H3. The van der Waals surface area contributed by atoms with E-state index in [0.29, 0.717) is 5.56 Å². The maximum absolute atomic E-state index is 14.9. The van der Waals surface area contributed by atoms with E-state index in [2.05, 4.69) is 62.4 Å². The van der Waals surface area contributed by atoms with Crippen LogP contribution in [0.2, 0.25) is 0 Å². The summed E-state index contributed by atoms with van der Waals surface area (Å²) in [6.07, 6.45) is 9.27. The molecule has 3 aromatic carbocycles. The molecule has 154 valence electrons. The Bertz CT molecular complexity index is 1010. The van der Waals surface area contributed by atoms with Crippen LogP contribution in [0.4, 0.5) is 4.39 Å². The molecule has 0 N–H and O–H groups in total. The summed E-state index contributed by atoms with van der Waals surface area (Å²) in [5.74, 6) is 0.598. The van der Waals surface area contributed by atoms with Gasteiger partial charge in [-0.05, 0) is 64.6 Å². The summed E-state index contributed by atoms with van der Waals surface area (Å²) in [5, 5.41) is 0. The Morgan fingerprint density at radius 2 is 1.40 bits per heavy atom. The highest BCUT2D eigenvalue weighted by atomic mass is 19.1. The summed E-state index contributed by atoms with van der Waals surface area (Å²) in [6, 6.07) is 22.7. The summed E-state index contributed by atoms with van der Waals surface area (Å²) in [7, 11) is 0. The van der Waals surface area contributed by atoms with Crippen LogP contribution < -0.4 is 0 Å². The van der Waals surface area contributed by atoms with Crippen molar-refractivity contribution in [3.8, 4) is 22.3 Å². The van der Waals surface area contributed by atoms with Gasteiger partial charge in [0.25, 0.3) is 0 Å². The van der Waals surface area contributed by atoms with Crippen LogP contribution in [-0.2, 0) is 6.42 Å². The van der Waals surface area contributed by atoms with Gasteiger partial charge in [-0.25, -0.2) is 4.39 Å². The van der Waals surface area contributed by atoms with Crippen LogP contribution in [0.25, 0.3) is 27.8 Å². The van der Waals surface area contributed by atoms with Crippen molar-refractivity contribution < 1.29 is 4.39 Å². The molecule has 1 heteroatoms. The van der Waals surface area contributed by atoms with Crippen molar-refractivity contribution in [2.24, 2.45) is 5.92 Å². The van der Waals surface area contributed by atoms with Gasteiger partial charge < -0.3 is 0 Å². The first-order valence-corrected chi connectivity index (χ1v) is 11.4. The molecule has 1 aliphatic carbocycles. The first kappa shape index (κ1) is 20.6. The van der Waals surface area contributed by atoms with Crippen molar-refractivity contribution in [3.05, 3.63) is 89.8 Å². The molecule has 0 saturated heterocycles. The average molecular weight is 399 g/mol. The van der Waals surface area contributed by atoms with Crippen molar-refractivity contribution in [2.45, 2.75) is 52.4 Å². The molecule has 0 heterocycles. The van der Waals surface area contributed by atoms with Gasteiger partial charge in [-0.1, -0.05) is 99.8 Å². The number of allylic oxidation sites excluding steroid dienone is 2. The van der Waals surface area contributed by atoms with Crippen LogP contribution in [0.5, 0.6) is 0 Å². The van der Waals surface area contributed by atoms with Gasteiger partial charge in [0.15, 0.2) is 0 Å². The summed E-state index contributed by atoms with van der Waals surface area (Å²) in [6.45, 7) is 4.44. The molecular weight excluding hydrogens is 367 g/mol. The second-order valence-corrected chi connectivity index (χ2v) is 8.54. The van der Waals surface area contributed by atoms with Crippen molar-refractivity contribution in [1.82, 2.24) is 0 Å². The minimum atomic E-state index is -0.135. The first-order chi connectivity index (χ1) is 14.7. The quantitative estimate of drug-likeness (QED) is 0.373. The largest absolute Gasteiger partial charge is 0.206 e. The Morgan fingerprint density at radius 1 is 0.767 bits per heavy atom. The summed E-state index contributed by atoms with van der Waals surface area (Å²) < 4.78 is 14.9. The van der Waals surface area contributed by atoms with Gasteiger partial charge in [0.2, 0.25) is 0 Å². The molecule has 0 nitrogen and oxygen atoms in total. The van der Waals surface area contributed by atoms with Gasteiger partial charge in [0.1, 0.15) is 5.82 Å². The summed E-state index contributed by atoms with van der Waals surface area (Å²) in [5.41, 5.74) is 7.68. The third-order valence-corrected chi connectivity index (χ3v) is 6.26. The Kier molecular flexibility index (Phi) is 6.47. The zero-order chi connectivity index (χ0) is 20.9. The SMILES string of the molecule is CCCc1ccc(-c2ccc(-c3ccc(C4=CCC(CCC)C4)cc3F)cc2)cc1. The number of hydrogen-bond donors (Lipinski definition) is 0. The van der Waals surface area contributed by atoms with E-state index in [1.165, 1.54) is 29.5 Å². The molecule has 1 aliphatic rings. The molecule has 1 unspecified atom stereocenters. The summed E-state index contributed by atoms with van der Waals surface area (Å²) in [4.78, 5) is 0. The maximum atomic E-state index is 14.9. The molecule has 0 fully saturated rings. The van der Waals surface area contributed by atoms with Gasteiger partial charge in [0, 0.05) is 5.56 Å². The van der Waals surface area contributed by atoms with Crippen LogP contribution in [0.3, 0.4) is 0 Å². The van der Waals surface area contributed by atoms with E-state index in [4.69, 9.17) is 0 Å². The molecule has 0 radical (unpaired) electrons. The number of hydrogen-bond acceptors (Lipinski definition) is 0. The van der Waals surface area contributed by atoms with E-state index in [1.807, 2.05) is 18.2 Å². The molecule has 0 bridgehead atoms. The highest BCUT2D eigenvalue weighted by molar-refractivity contribution is 5.74. The second-order valence-electron chi connectivity index (χ2n) is 8.54. The van der Waals surface area contributed by atoms with Gasteiger partial charge in [-0.3, -0.25) is 0 Å². The Hall–Kier alpha value is -2.67. The second kappa shape index (κ2) is 9.43. The fraction of sp³-hybridized carbons (Fsp3) is 0.310. The number of halogens is 1. The molecule has 0 saturated carbocycles. The number of benzene rings is 3. The van der Waals surface area contributed by atoms with Crippen LogP contribution >= 0.6 is 0 Å². The van der Waals surface area contributed by atoms with Crippen molar-refractivity contribution in [2.75, 3.05) is 0 Å². The van der Waals surface area contributed by atoms with E-state index < -0.39 is 0 Å². The summed E-state index contributed by atoms with van der Waals surface area (Å²) >= 11 is 0. The third-order valence-electron chi connectivity index (χ3n) is 6.26. The molecule has 0 amide bonds. The smallest absolute Gasteiger partial charge is 0.131 e. The van der Waals surface area contributed by atoms with Crippen LogP contribution in [0, 0.1) is 11.7 Å². The molecule has 0 aromatic heterocycles. The van der Waals surface area contributed by atoms with E-state index in [1.54, 1.807) is 6.07 Å². The van der Waals surface area contributed by atoms with E-state index in [0.717, 1.165) is 48.3 Å². The van der Waals surface area contributed by atoms with E-state index in [9.17, 15) is 4.39 Å². The topological polar surface area (TPSA) is 0 Å². The van der Waals surface area contributed by atoms with Crippen molar-refractivity contribution in [1.29, 1.82) is 0 Å². The number of aryl methyl sites for hydroxylation is 1. The minimum absolute atomic E-state index is 0.135. The molecule has 0 aliphatic heterocycles. The molecule has 3 aromatic rings. The lowest BCUT2D eigenvalue weighted by Gasteiger charge is -2.11. The van der Waals surface area contributed by atoms with Crippen molar-refractivity contribution >= 4 is 5.57 Å². The lowest BCUT2D eigenvalue weighted by molar-refractivity contribution is 0.516. The fourth-order valence-electron chi connectivity index (χ4n) is 4.59. The Morgan fingerprint density at radius 3 is 2.03 bits per heavy atom. The van der Waals surface area contributed by atoms with Gasteiger partial charge >= 0.3 is 0 Å². The van der Waals surface area contributed by atoms with E-state index in [-0.39, 0.29) is 5.82 Å². The van der Waals surface area contributed by atoms with Crippen molar-refractivity contribution in [3.63, 3.8) is 0 Å².